The van der Waals surface area contributed by atoms with E-state index >= 15 is 0 Å². The molecule has 23 heavy (non-hydrogen) atoms. The Balaban J connectivity index is 2.44. The molecule has 126 valence electrons. The van der Waals surface area contributed by atoms with Gasteiger partial charge < -0.3 is 0 Å². The Kier molecular flexibility index (Phi) is 4.80. The second-order valence-corrected chi connectivity index (χ2v) is 4.30. The molecule has 0 N–H and O–H groups in total. The summed E-state index contributed by atoms with van der Waals surface area (Å²) in [4.78, 5) is 9.50. The monoisotopic (exact) mass is 341 g/mol. The molecule has 1 atom stereocenters. The van der Waals surface area contributed by atoms with Crippen LogP contribution in [0.3, 0.4) is 0 Å². The fourth-order valence-electron chi connectivity index (χ4n) is 1.85. The normalized spacial score (nSPS) is 13.0. The molecule has 2 rings (SSSR count). The Morgan fingerprint density at radius 1 is 1.26 bits per heavy atom. The summed E-state index contributed by atoms with van der Waals surface area (Å²) in [6.07, 6.45) is -6.23. The minimum Gasteiger partial charge on any atom is -0.258 e. The van der Waals surface area contributed by atoms with Gasteiger partial charge in [0.25, 0.3) is 6.43 Å². The van der Waals surface area contributed by atoms with Crippen LogP contribution in [0.5, 0.6) is 0 Å². The van der Waals surface area contributed by atoms with Gasteiger partial charge in [0, 0.05) is 6.42 Å². The maximum absolute atomic E-state index is 13.4. The van der Waals surface area contributed by atoms with Crippen LogP contribution in [0.4, 0.5) is 27.6 Å². The summed E-state index contributed by atoms with van der Waals surface area (Å²) in [7, 11) is 0. The predicted molar refractivity (Wildman–Crippen MR) is 61.4 cm³/mol. The van der Waals surface area contributed by atoms with Crippen LogP contribution in [0.1, 0.15) is 18.3 Å². The molecular formula is C9H8F5N7O2. The lowest BCUT2D eigenvalue weighted by Gasteiger charge is -2.16. The number of hydrogen-bond acceptors (Lipinski definition) is 6. The van der Waals surface area contributed by atoms with Gasteiger partial charge >= 0.3 is 11.6 Å². The van der Waals surface area contributed by atoms with Gasteiger partial charge in [-0.25, -0.2) is 22.2 Å². The molecule has 0 amide bonds. The first-order chi connectivity index (χ1) is 10.8. The first-order valence-corrected chi connectivity index (χ1v) is 6.01. The van der Waals surface area contributed by atoms with E-state index in [4.69, 9.17) is 0 Å². The number of aromatic nitrogens is 6. The van der Waals surface area contributed by atoms with E-state index in [9.17, 15) is 32.1 Å². The number of nitrogens with zero attached hydrogens (tertiary/aromatic N) is 7. The summed E-state index contributed by atoms with van der Waals surface area (Å²) in [5.74, 6) is -1.94. The summed E-state index contributed by atoms with van der Waals surface area (Å²) in [6.45, 7) is -0.978. The van der Waals surface area contributed by atoms with Gasteiger partial charge in [0.1, 0.15) is 18.8 Å². The van der Waals surface area contributed by atoms with E-state index in [-0.39, 0.29) is 0 Å². The minimum atomic E-state index is -2.94. The van der Waals surface area contributed by atoms with Crippen molar-refractivity contribution < 1.29 is 26.9 Å². The highest BCUT2D eigenvalue weighted by molar-refractivity contribution is 5.24. The van der Waals surface area contributed by atoms with E-state index in [0.29, 0.717) is 15.6 Å². The molecule has 2 heterocycles. The van der Waals surface area contributed by atoms with E-state index < -0.39 is 54.2 Å². The Bertz CT molecular complexity index is 688. The molecule has 0 bridgehead atoms. The summed E-state index contributed by atoms with van der Waals surface area (Å²) in [5, 5.41) is 23.4. The molecule has 0 aliphatic rings. The second-order valence-electron chi connectivity index (χ2n) is 4.30. The highest BCUT2D eigenvalue weighted by Gasteiger charge is 2.30. The number of hydrogen-bond donors (Lipinski definition) is 0. The zero-order valence-electron chi connectivity index (χ0n) is 11.1. The first-order valence-electron chi connectivity index (χ1n) is 6.01. The molecule has 1 unspecified atom stereocenters. The minimum absolute atomic E-state index is 0.442. The first kappa shape index (κ1) is 16.7. The Labute approximate surface area is 123 Å². The van der Waals surface area contributed by atoms with Crippen LogP contribution in [0.15, 0.2) is 6.20 Å². The Hall–Kier alpha value is -2.67. The van der Waals surface area contributed by atoms with Crippen LogP contribution in [-0.2, 0) is 6.54 Å². The Morgan fingerprint density at radius 2 is 1.96 bits per heavy atom. The molecule has 0 fully saturated rings. The lowest BCUT2D eigenvalue weighted by atomic mass is 10.2. The van der Waals surface area contributed by atoms with Gasteiger partial charge in [-0.3, -0.25) is 14.8 Å². The number of nitro groups is 1. The van der Waals surface area contributed by atoms with Crippen LogP contribution in [0, 0.1) is 16.1 Å². The molecule has 14 heteroatoms. The molecule has 0 saturated carbocycles. The third-order valence-electron chi connectivity index (χ3n) is 2.76. The fourth-order valence-corrected chi connectivity index (χ4v) is 1.85. The predicted octanol–water partition coefficient (Wildman–Crippen LogP) is 1.43. The van der Waals surface area contributed by atoms with Crippen molar-refractivity contribution in [3.63, 3.8) is 0 Å². The molecule has 0 saturated heterocycles. The number of rotatable bonds is 7. The molecular weight excluding hydrogens is 333 g/mol. The van der Waals surface area contributed by atoms with Crippen molar-refractivity contribution in [2.24, 2.45) is 0 Å². The molecule has 2 aromatic heterocycles. The van der Waals surface area contributed by atoms with Crippen molar-refractivity contribution in [3.05, 3.63) is 28.1 Å². The van der Waals surface area contributed by atoms with Crippen LogP contribution < -0.4 is 0 Å². The molecule has 9 nitrogen and oxygen atoms in total. The summed E-state index contributed by atoms with van der Waals surface area (Å²) in [6, 6.07) is -1.55. The standard InChI is InChI=1S/C9H8F5N7O2/c10-6(11)1-4(9-15-17-18-20(9)3-7(12)13)19-2-5(21(22)23)8(14)16-19/h2,4,6-7H,1,3H2. The zero-order chi connectivity index (χ0) is 17.1. The molecule has 0 aliphatic heterocycles. The van der Waals surface area contributed by atoms with Crippen LogP contribution in [0.25, 0.3) is 0 Å². The van der Waals surface area contributed by atoms with Gasteiger partial charge in [0.2, 0.25) is 6.43 Å². The largest absolute Gasteiger partial charge is 0.343 e. The van der Waals surface area contributed by atoms with Gasteiger partial charge in [-0.05, 0) is 10.4 Å². The maximum atomic E-state index is 13.4. The SMILES string of the molecule is O=[N+]([O-])c1cn(C(CC(F)F)c2nnnn2CC(F)F)nc1F. The van der Waals surface area contributed by atoms with Crippen molar-refractivity contribution in [1.29, 1.82) is 0 Å². The van der Waals surface area contributed by atoms with Gasteiger partial charge in [-0.15, -0.1) is 10.2 Å². The second kappa shape index (κ2) is 6.62. The number of alkyl halides is 4. The van der Waals surface area contributed by atoms with Gasteiger partial charge in [0.15, 0.2) is 5.82 Å². The van der Waals surface area contributed by atoms with Crippen molar-refractivity contribution >= 4 is 5.69 Å². The van der Waals surface area contributed by atoms with Crippen molar-refractivity contribution in [2.45, 2.75) is 31.9 Å². The third kappa shape index (κ3) is 3.75. The lowest BCUT2D eigenvalue weighted by molar-refractivity contribution is -0.387. The van der Waals surface area contributed by atoms with Crippen molar-refractivity contribution in [1.82, 2.24) is 30.0 Å². The average molecular weight is 341 g/mol. The third-order valence-corrected chi connectivity index (χ3v) is 2.76. The smallest absolute Gasteiger partial charge is 0.258 e. The quantitative estimate of drug-likeness (QED) is 0.429. The molecule has 0 spiro atoms. The summed E-state index contributed by atoms with van der Waals surface area (Å²) in [5.41, 5.74) is -1.04. The molecule has 0 radical (unpaired) electrons. The van der Waals surface area contributed by atoms with E-state index in [1.807, 2.05) is 0 Å². The van der Waals surface area contributed by atoms with Crippen LogP contribution in [-0.4, -0.2) is 47.8 Å². The fraction of sp³-hybridized carbons (Fsp3) is 0.556. The highest BCUT2D eigenvalue weighted by atomic mass is 19.3. The zero-order valence-corrected chi connectivity index (χ0v) is 11.1. The summed E-state index contributed by atoms with van der Waals surface area (Å²) >= 11 is 0. The summed E-state index contributed by atoms with van der Waals surface area (Å²) < 4.78 is 64.8. The Morgan fingerprint density at radius 3 is 2.48 bits per heavy atom. The van der Waals surface area contributed by atoms with E-state index in [0.717, 1.165) is 0 Å². The lowest BCUT2D eigenvalue weighted by Crippen LogP contribution is -2.22. The van der Waals surface area contributed by atoms with Gasteiger partial charge in [0.05, 0.1) is 4.92 Å². The topological polar surface area (TPSA) is 105 Å². The van der Waals surface area contributed by atoms with E-state index in [2.05, 4.69) is 20.6 Å². The highest BCUT2D eigenvalue weighted by Crippen LogP contribution is 2.26. The van der Waals surface area contributed by atoms with Gasteiger partial charge in [-0.1, -0.05) is 0 Å². The average Bonchev–Trinajstić information content (AvgIpc) is 3.02. The van der Waals surface area contributed by atoms with Crippen LogP contribution in [0.2, 0.25) is 0 Å². The van der Waals surface area contributed by atoms with E-state index in [1.165, 1.54) is 0 Å². The van der Waals surface area contributed by atoms with Crippen molar-refractivity contribution in [3.8, 4) is 0 Å². The number of tetrazole rings is 1. The molecule has 2 aromatic rings. The molecule has 0 aliphatic carbocycles. The van der Waals surface area contributed by atoms with E-state index in [1.54, 1.807) is 0 Å². The van der Waals surface area contributed by atoms with Gasteiger partial charge in [-0.2, -0.15) is 4.39 Å². The number of halogens is 5. The van der Waals surface area contributed by atoms with Crippen molar-refractivity contribution in [2.75, 3.05) is 0 Å². The maximum Gasteiger partial charge on any atom is 0.343 e. The molecule has 0 aromatic carbocycles. The van der Waals surface area contributed by atoms with Crippen LogP contribution >= 0.6 is 0 Å².